The molecule has 3 nitrogen and oxygen atoms in total. The second kappa shape index (κ2) is 6.23. The van der Waals surface area contributed by atoms with Gasteiger partial charge in [0.05, 0.1) is 12.7 Å². The van der Waals surface area contributed by atoms with Crippen molar-refractivity contribution in [1.82, 2.24) is 5.32 Å². The third-order valence-electron chi connectivity index (χ3n) is 3.34. The molecular formula is C15H22ClNO2. The molecule has 1 fully saturated rings. The first-order chi connectivity index (χ1) is 9.00. The Morgan fingerprint density at radius 2 is 2.05 bits per heavy atom. The van der Waals surface area contributed by atoms with E-state index in [1.165, 1.54) is 5.56 Å². The number of benzene rings is 1. The van der Waals surface area contributed by atoms with Gasteiger partial charge in [0, 0.05) is 17.6 Å². The van der Waals surface area contributed by atoms with Gasteiger partial charge in [-0.25, -0.2) is 0 Å². The maximum absolute atomic E-state index is 5.91. The minimum atomic E-state index is -0.450. The Bertz CT molecular complexity index is 405. The molecule has 0 spiro atoms. The summed E-state index contributed by atoms with van der Waals surface area (Å²) < 4.78 is 11.4. The molecule has 1 aromatic rings. The van der Waals surface area contributed by atoms with Crippen molar-refractivity contribution >= 4 is 11.6 Å². The summed E-state index contributed by atoms with van der Waals surface area (Å²) in [5.41, 5.74) is 1.25. The van der Waals surface area contributed by atoms with E-state index in [1.807, 2.05) is 26.0 Å². The van der Waals surface area contributed by atoms with Crippen LogP contribution in [-0.2, 0) is 9.47 Å². The molecule has 2 unspecified atom stereocenters. The topological polar surface area (TPSA) is 30.5 Å². The summed E-state index contributed by atoms with van der Waals surface area (Å²) in [5.74, 6) is -0.450. The lowest BCUT2D eigenvalue weighted by Gasteiger charge is -2.21. The second-order valence-electron chi connectivity index (χ2n) is 5.37. The molecule has 1 saturated heterocycles. The van der Waals surface area contributed by atoms with Crippen LogP contribution in [0.25, 0.3) is 0 Å². The molecule has 0 bridgehead atoms. The number of halogens is 1. The molecule has 19 heavy (non-hydrogen) atoms. The van der Waals surface area contributed by atoms with Crippen molar-refractivity contribution < 1.29 is 9.47 Å². The molecule has 0 radical (unpaired) electrons. The summed E-state index contributed by atoms with van der Waals surface area (Å²) in [6, 6.07) is 8.32. The zero-order chi connectivity index (χ0) is 13.9. The van der Waals surface area contributed by atoms with Crippen molar-refractivity contribution in [3.05, 3.63) is 34.9 Å². The number of hydrogen-bond donors (Lipinski definition) is 1. The highest BCUT2D eigenvalue weighted by Crippen LogP contribution is 2.23. The fourth-order valence-corrected chi connectivity index (χ4v) is 2.46. The van der Waals surface area contributed by atoms with Crippen molar-refractivity contribution in [2.45, 2.75) is 45.1 Å². The van der Waals surface area contributed by atoms with Crippen LogP contribution in [0.2, 0.25) is 5.02 Å². The summed E-state index contributed by atoms with van der Waals surface area (Å²) in [6.07, 6.45) is 1.15. The number of rotatable bonds is 5. The number of hydrogen-bond acceptors (Lipinski definition) is 3. The van der Waals surface area contributed by atoms with Crippen LogP contribution >= 0.6 is 11.6 Å². The monoisotopic (exact) mass is 283 g/mol. The van der Waals surface area contributed by atoms with Gasteiger partial charge in [-0.15, -0.1) is 0 Å². The van der Waals surface area contributed by atoms with Crippen LogP contribution in [0.4, 0.5) is 0 Å². The van der Waals surface area contributed by atoms with Gasteiger partial charge < -0.3 is 14.8 Å². The largest absolute Gasteiger partial charge is 0.348 e. The zero-order valence-corrected chi connectivity index (χ0v) is 12.5. The third-order valence-corrected chi connectivity index (χ3v) is 3.59. The maximum atomic E-state index is 5.91. The lowest BCUT2D eigenvalue weighted by atomic mass is 10.0. The molecule has 1 N–H and O–H groups in total. The van der Waals surface area contributed by atoms with Gasteiger partial charge in [0.2, 0.25) is 0 Å². The van der Waals surface area contributed by atoms with E-state index in [2.05, 4.69) is 24.4 Å². The van der Waals surface area contributed by atoms with Crippen molar-refractivity contribution in [2.75, 3.05) is 13.2 Å². The maximum Gasteiger partial charge on any atom is 0.163 e. The fourth-order valence-electron chi connectivity index (χ4n) is 2.33. The highest BCUT2D eigenvalue weighted by molar-refractivity contribution is 6.30. The molecule has 106 valence electrons. The second-order valence-corrected chi connectivity index (χ2v) is 5.81. The Hall–Kier alpha value is -0.610. The van der Waals surface area contributed by atoms with E-state index in [4.69, 9.17) is 21.1 Å². The molecule has 1 heterocycles. The predicted octanol–water partition coefficient (Wildman–Crippen LogP) is 3.53. The van der Waals surface area contributed by atoms with E-state index in [0.717, 1.165) is 18.0 Å². The molecule has 0 saturated carbocycles. The van der Waals surface area contributed by atoms with E-state index in [-0.39, 0.29) is 6.10 Å². The summed E-state index contributed by atoms with van der Waals surface area (Å²) in [5, 5.41) is 4.31. The Morgan fingerprint density at radius 3 is 2.58 bits per heavy atom. The summed E-state index contributed by atoms with van der Waals surface area (Å²) >= 11 is 5.91. The van der Waals surface area contributed by atoms with Gasteiger partial charge in [-0.3, -0.25) is 0 Å². The minimum Gasteiger partial charge on any atom is -0.348 e. The average molecular weight is 284 g/mol. The summed E-state index contributed by atoms with van der Waals surface area (Å²) in [4.78, 5) is 0. The Kier molecular flexibility index (Phi) is 4.85. The summed E-state index contributed by atoms with van der Waals surface area (Å²) in [6.45, 7) is 7.51. The van der Waals surface area contributed by atoms with Crippen molar-refractivity contribution in [2.24, 2.45) is 0 Å². The van der Waals surface area contributed by atoms with Crippen LogP contribution in [0.1, 0.15) is 38.8 Å². The smallest absolute Gasteiger partial charge is 0.163 e. The predicted molar refractivity (Wildman–Crippen MR) is 77.4 cm³/mol. The lowest BCUT2D eigenvalue weighted by Crippen LogP contribution is -2.32. The first kappa shape index (κ1) is 14.8. The molecule has 4 heteroatoms. The van der Waals surface area contributed by atoms with Crippen LogP contribution in [0.5, 0.6) is 0 Å². The summed E-state index contributed by atoms with van der Waals surface area (Å²) in [7, 11) is 0. The first-order valence-corrected chi connectivity index (χ1v) is 7.18. The van der Waals surface area contributed by atoms with Crippen LogP contribution in [0.15, 0.2) is 24.3 Å². The van der Waals surface area contributed by atoms with Crippen LogP contribution in [0, 0.1) is 0 Å². The van der Waals surface area contributed by atoms with Gasteiger partial charge in [0.15, 0.2) is 5.79 Å². The minimum absolute atomic E-state index is 0.122. The third kappa shape index (κ3) is 4.18. The fraction of sp³-hybridized carbons (Fsp3) is 0.600. The van der Waals surface area contributed by atoms with Gasteiger partial charge in [-0.1, -0.05) is 30.7 Å². The molecular weight excluding hydrogens is 262 g/mol. The molecule has 2 atom stereocenters. The van der Waals surface area contributed by atoms with Gasteiger partial charge in [-0.2, -0.15) is 0 Å². The van der Waals surface area contributed by atoms with Crippen molar-refractivity contribution in [1.29, 1.82) is 0 Å². The van der Waals surface area contributed by atoms with E-state index in [9.17, 15) is 0 Å². The highest BCUT2D eigenvalue weighted by Gasteiger charge is 2.32. The Labute approximate surface area is 120 Å². The van der Waals surface area contributed by atoms with Crippen molar-refractivity contribution in [3.8, 4) is 0 Å². The molecule has 0 amide bonds. The van der Waals surface area contributed by atoms with Gasteiger partial charge in [0.1, 0.15) is 0 Å². The van der Waals surface area contributed by atoms with E-state index >= 15 is 0 Å². The first-order valence-electron chi connectivity index (χ1n) is 6.81. The zero-order valence-electron chi connectivity index (χ0n) is 11.8. The SMILES string of the molecule is CCC(NCC1COC(C)(C)O1)c1ccc(Cl)cc1. The van der Waals surface area contributed by atoms with E-state index in [0.29, 0.717) is 12.6 Å². The molecule has 1 aliphatic heterocycles. The number of nitrogens with one attached hydrogen (secondary N) is 1. The Morgan fingerprint density at radius 1 is 1.37 bits per heavy atom. The molecule has 0 aliphatic carbocycles. The Balaban J connectivity index is 1.88. The average Bonchev–Trinajstić information content (AvgIpc) is 2.72. The van der Waals surface area contributed by atoms with E-state index in [1.54, 1.807) is 0 Å². The van der Waals surface area contributed by atoms with Crippen LogP contribution in [0.3, 0.4) is 0 Å². The quantitative estimate of drug-likeness (QED) is 0.897. The van der Waals surface area contributed by atoms with Crippen molar-refractivity contribution in [3.63, 3.8) is 0 Å². The normalized spacial score (nSPS) is 23.5. The highest BCUT2D eigenvalue weighted by atomic mass is 35.5. The van der Waals surface area contributed by atoms with E-state index < -0.39 is 5.79 Å². The molecule has 1 aliphatic rings. The van der Waals surface area contributed by atoms with Gasteiger partial charge in [-0.05, 0) is 38.0 Å². The van der Waals surface area contributed by atoms with Crippen LogP contribution in [-0.4, -0.2) is 25.0 Å². The molecule has 1 aromatic carbocycles. The molecule has 2 rings (SSSR count). The lowest BCUT2D eigenvalue weighted by molar-refractivity contribution is -0.137. The standard InChI is InChI=1S/C15H22ClNO2/c1-4-14(11-5-7-12(16)8-6-11)17-9-13-10-18-15(2,3)19-13/h5-8,13-14,17H,4,9-10H2,1-3H3. The van der Waals surface area contributed by atoms with Crippen LogP contribution < -0.4 is 5.32 Å². The number of ether oxygens (including phenoxy) is 2. The van der Waals surface area contributed by atoms with Gasteiger partial charge in [0.25, 0.3) is 0 Å². The molecule has 0 aromatic heterocycles. The van der Waals surface area contributed by atoms with Gasteiger partial charge >= 0.3 is 0 Å².